The minimum Gasteiger partial charge on any atom is -0.354 e. The normalized spacial score (nSPS) is 27.9. The average Bonchev–Trinajstić information content (AvgIpc) is 2.98. The van der Waals surface area contributed by atoms with Gasteiger partial charge in [0.1, 0.15) is 5.82 Å². The summed E-state index contributed by atoms with van der Waals surface area (Å²) < 4.78 is 0. The molecule has 20 heavy (non-hydrogen) atoms. The third-order valence-electron chi connectivity index (χ3n) is 4.99. The first-order valence-electron chi connectivity index (χ1n) is 7.90. The summed E-state index contributed by atoms with van der Waals surface area (Å²) in [5, 5.41) is 3.54. The molecule has 3 heterocycles. The minimum atomic E-state index is 0.521. The van der Waals surface area contributed by atoms with Crippen LogP contribution < -0.4 is 10.2 Å². The predicted octanol–water partition coefficient (Wildman–Crippen LogP) is 1.59. The molecule has 1 atom stereocenters. The number of pyridine rings is 1. The van der Waals surface area contributed by atoms with Crippen molar-refractivity contribution < 1.29 is 0 Å². The van der Waals surface area contributed by atoms with E-state index in [1.54, 1.807) is 0 Å². The summed E-state index contributed by atoms with van der Waals surface area (Å²) >= 11 is 0. The zero-order chi connectivity index (χ0) is 13.8. The Hall–Kier alpha value is -1.13. The van der Waals surface area contributed by atoms with Gasteiger partial charge in [0.15, 0.2) is 0 Å². The quantitative estimate of drug-likeness (QED) is 0.903. The fraction of sp³-hybridized carbons (Fsp3) is 0.688. The van der Waals surface area contributed by atoms with E-state index in [0.29, 0.717) is 5.41 Å². The summed E-state index contributed by atoms with van der Waals surface area (Å²) in [4.78, 5) is 9.51. The Morgan fingerprint density at radius 3 is 2.70 bits per heavy atom. The Morgan fingerprint density at radius 2 is 2.10 bits per heavy atom. The van der Waals surface area contributed by atoms with E-state index >= 15 is 0 Å². The lowest BCUT2D eigenvalue weighted by Crippen LogP contribution is -2.50. The monoisotopic (exact) mass is 274 g/mol. The fourth-order valence-corrected chi connectivity index (χ4v) is 3.49. The smallest absolute Gasteiger partial charge is 0.128 e. The number of rotatable bonds is 4. The molecule has 110 valence electrons. The summed E-state index contributed by atoms with van der Waals surface area (Å²) in [6.45, 7) is 10.5. The van der Waals surface area contributed by atoms with Crippen LogP contribution in [0.2, 0.25) is 0 Å². The third kappa shape index (κ3) is 2.96. The molecule has 0 radical (unpaired) electrons. The van der Waals surface area contributed by atoms with E-state index in [1.165, 1.54) is 45.6 Å². The number of hydrogen-bond donors (Lipinski definition) is 1. The lowest BCUT2D eigenvalue weighted by molar-refractivity contribution is 0.151. The highest BCUT2D eigenvalue weighted by Gasteiger charge is 2.34. The number of nitrogens with zero attached hydrogens (tertiary/aromatic N) is 3. The molecule has 0 amide bonds. The zero-order valence-corrected chi connectivity index (χ0v) is 12.5. The number of nitrogens with one attached hydrogen (secondary N) is 1. The van der Waals surface area contributed by atoms with Crippen molar-refractivity contribution in [3.05, 3.63) is 24.4 Å². The molecule has 0 saturated carbocycles. The second-order valence-corrected chi connectivity index (χ2v) is 6.23. The van der Waals surface area contributed by atoms with Gasteiger partial charge in [-0.25, -0.2) is 4.98 Å². The number of anilines is 1. The van der Waals surface area contributed by atoms with Crippen LogP contribution in [0.3, 0.4) is 0 Å². The van der Waals surface area contributed by atoms with Gasteiger partial charge in [-0.3, -0.25) is 4.90 Å². The Bertz CT molecular complexity index is 406. The van der Waals surface area contributed by atoms with Crippen LogP contribution in [0.5, 0.6) is 0 Å². The highest BCUT2D eigenvalue weighted by atomic mass is 15.3. The van der Waals surface area contributed by atoms with E-state index in [9.17, 15) is 0 Å². The van der Waals surface area contributed by atoms with Crippen LogP contribution in [-0.4, -0.2) is 55.7 Å². The van der Waals surface area contributed by atoms with E-state index in [4.69, 9.17) is 0 Å². The molecular formula is C16H26N4. The minimum absolute atomic E-state index is 0.521. The van der Waals surface area contributed by atoms with Crippen LogP contribution >= 0.6 is 0 Å². The van der Waals surface area contributed by atoms with E-state index in [0.717, 1.165) is 18.9 Å². The van der Waals surface area contributed by atoms with Crippen LogP contribution in [0.1, 0.15) is 19.8 Å². The van der Waals surface area contributed by atoms with Gasteiger partial charge in [0.05, 0.1) is 0 Å². The predicted molar refractivity (Wildman–Crippen MR) is 83.1 cm³/mol. The van der Waals surface area contributed by atoms with Crippen molar-refractivity contribution in [2.24, 2.45) is 5.41 Å². The average molecular weight is 274 g/mol. The molecular weight excluding hydrogens is 248 g/mol. The Morgan fingerprint density at radius 1 is 1.25 bits per heavy atom. The maximum absolute atomic E-state index is 4.46. The molecule has 1 aromatic rings. The molecule has 2 fully saturated rings. The molecule has 0 aromatic carbocycles. The first-order chi connectivity index (χ1) is 9.81. The second kappa shape index (κ2) is 6.10. The largest absolute Gasteiger partial charge is 0.354 e. The van der Waals surface area contributed by atoms with E-state index in [2.05, 4.69) is 39.2 Å². The number of aromatic nitrogens is 1. The van der Waals surface area contributed by atoms with Crippen LogP contribution in [-0.2, 0) is 0 Å². The van der Waals surface area contributed by atoms with Gasteiger partial charge in [-0.2, -0.15) is 0 Å². The van der Waals surface area contributed by atoms with E-state index < -0.39 is 0 Å². The van der Waals surface area contributed by atoms with Crippen LogP contribution in [0.4, 0.5) is 5.82 Å². The summed E-state index contributed by atoms with van der Waals surface area (Å²) in [5.74, 6) is 1.12. The number of piperazine rings is 1. The van der Waals surface area contributed by atoms with Crippen molar-refractivity contribution in [1.29, 1.82) is 0 Å². The fourth-order valence-electron chi connectivity index (χ4n) is 3.49. The topological polar surface area (TPSA) is 31.4 Å². The third-order valence-corrected chi connectivity index (χ3v) is 4.99. The molecule has 2 saturated heterocycles. The van der Waals surface area contributed by atoms with Gasteiger partial charge in [0.2, 0.25) is 0 Å². The van der Waals surface area contributed by atoms with Gasteiger partial charge in [-0.15, -0.1) is 0 Å². The lowest BCUT2D eigenvalue weighted by Gasteiger charge is -2.40. The van der Waals surface area contributed by atoms with Crippen molar-refractivity contribution in [3.8, 4) is 0 Å². The first kappa shape index (κ1) is 13.8. The molecule has 3 rings (SSSR count). The molecule has 1 aromatic heterocycles. The molecule has 2 aliphatic heterocycles. The molecule has 4 nitrogen and oxygen atoms in total. The molecule has 1 N–H and O–H groups in total. The summed E-state index contributed by atoms with van der Waals surface area (Å²) in [5.41, 5.74) is 0.521. The van der Waals surface area contributed by atoms with E-state index in [-0.39, 0.29) is 0 Å². The van der Waals surface area contributed by atoms with Crippen molar-refractivity contribution in [2.75, 3.05) is 50.7 Å². The van der Waals surface area contributed by atoms with Gasteiger partial charge < -0.3 is 10.2 Å². The SMILES string of the molecule is CCC1(CN2CCN(c3ccccn3)CC2)CCNC1. The van der Waals surface area contributed by atoms with Gasteiger partial charge in [0.25, 0.3) is 0 Å². The van der Waals surface area contributed by atoms with Crippen molar-refractivity contribution in [2.45, 2.75) is 19.8 Å². The summed E-state index contributed by atoms with van der Waals surface area (Å²) in [6.07, 6.45) is 4.52. The molecule has 0 spiro atoms. The van der Waals surface area contributed by atoms with Gasteiger partial charge in [-0.1, -0.05) is 13.0 Å². The summed E-state index contributed by atoms with van der Waals surface area (Å²) in [6, 6.07) is 6.17. The van der Waals surface area contributed by atoms with Crippen molar-refractivity contribution in [3.63, 3.8) is 0 Å². The Labute approximate surface area is 122 Å². The standard InChI is InChI=1S/C16H26N4/c1-2-16(6-8-17-13-16)14-19-9-11-20(12-10-19)15-5-3-4-7-18-15/h3-5,7,17H,2,6,8-14H2,1H3. The molecule has 1 unspecified atom stereocenters. The van der Waals surface area contributed by atoms with Gasteiger partial charge in [0, 0.05) is 45.5 Å². The molecule has 0 bridgehead atoms. The summed E-state index contributed by atoms with van der Waals surface area (Å²) in [7, 11) is 0. The molecule has 2 aliphatic rings. The maximum Gasteiger partial charge on any atom is 0.128 e. The second-order valence-electron chi connectivity index (χ2n) is 6.23. The van der Waals surface area contributed by atoms with Crippen LogP contribution in [0.15, 0.2) is 24.4 Å². The lowest BCUT2D eigenvalue weighted by atomic mass is 9.83. The maximum atomic E-state index is 4.46. The Kier molecular flexibility index (Phi) is 4.22. The van der Waals surface area contributed by atoms with Crippen LogP contribution in [0, 0.1) is 5.41 Å². The van der Waals surface area contributed by atoms with E-state index in [1.807, 2.05) is 12.3 Å². The zero-order valence-electron chi connectivity index (χ0n) is 12.5. The first-order valence-corrected chi connectivity index (χ1v) is 7.90. The molecule has 4 heteroatoms. The van der Waals surface area contributed by atoms with Crippen LogP contribution in [0.25, 0.3) is 0 Å². The Balaban J connectivity index is 1.54. The number of hydrogen-bond acceptors (Lipinski definition) is 4. The van der Waals surface area contributed by atoms with Gasteiger partial charge in [-0.05, 0) is 36.9 Å². The van der Waals surface area contributed by atoms with Crippen molar-refractivity contribution in [1.82, 2.24) is 15.2 Å². The molecule has 0 aliphatic carbocycles. The highest BCUT2D eigenvalue weighted by molar-refractivity contribution is 5.38. The van der Waals surface area contributed by atoms with Crippen molar-refractivity contribution >= 4 is 5.82 Å². The van der Waals surface area contributed by atoms with Gasteiger partial charge >= 0.3 is 0 Å². The highest BCUT2D eigenvalue weighted by Crippen LogP contribution is 2.30.